The first-order chi connectivity index (χ1) is 13.9. The van der Waals surface area contributed by atoms with E-state index in [1.165, 1.54) is 0 Å². The highest BCUT2D eigenvalue weighted by molar-refractivity contribution is 5.94. The van der Waals surface area contributed by atoms with E-state index in [0.717, 1.165) is 34.5 Å². The lowest BCUT2D eigenvalue weighted by Crippen LogP contribution is -2.36. The van der Waals surface area contributed by atoms with E-state index < -0.39 is 5.97 Å². The summed E-state index contributed by atoms with van der Waals surface area (Å²) in [6, 6.07) is 14.8. The molecule has 6 nitrogen and oxygen atoms in total. The summed E-state index contributed by atoms with van der Waals surface area (Å²) >= 11 is 0. The van der Waals surface area contributed by atoms with Gasteiger partial charge in [-0.1, -0.05) is 18.2 Å². The van der Waals surface area contributed by atoms with Crippen LogP contribution in [0.15, 0.2) is 48.5 Å². The average Bonchev–Trinajstić information content (AvgIpc) is 3.03. The number of carboxylic acids is 1. The highest BCUT2D eigenvalue weighted by atomic mass is 16.4. The van der Waals surface area contributed by atoms with Crippen molar-refractivity contribution in [3.8, 4) is 0 Å². The fourth-order valence-corrected chi connectivity index (χ4v) is 3.86. The SMILES string of the molecule is Cc1cc(C)n(Cc2cccc(C(=O)N3CCc4ccc(C(=O)O)cc4C3)c2)n1. The molecule has 1 N–H and O–H groups in total. The Morgan fingerprint density at radius 1 is 1.03 bits per heavy atom. The quantitative estimate of drug-likeness (QED) is 0.742. The standard InChI is InChI=1S/C23H23N3O3/c1-15-10-16(2)26(24-15)13-17-4-3-5-19(11-17)22(27)25-9-8-18-6-7-20(23(28)29)12-21(18)14-25/h3-7,10-12H,8-9,13-14H2,1-2H3,(H,28,29). The minimum Gasteiger partial charge on any atom is -0.478 e. The van der Waals surface area contributed by atoms with Crippen molar-refractivity contribution in [3.05, 3.63) is 87.7 Å². The lowest BCUT2D eigenvalue weighted by atomic mass is 9.96. The van der Waals surface area contributed by atoms with Crippen LogP contribution in [0.3, 0.4) is 0 Å². The van der Waals surface area contributed by atoms with E-state index in [-0.39, 0.29) is 11.5 Å². The molecule has 2 heterocycles. The number of hydrogen-bond acceptors (Lipinski definition) is 3. The number of hydrogen-bond donors (Lipinski definition) is 1. The Balaban J connectivity index is 1.53. The maximum absolute atomic E-state index is 13.1. The van der Waals surface area contributed by atoms with Crippen molar-refractivity contribution in [1.82, 2.24) is 14.7 Å². The Morgan fingerprint density at radius 2 is 1.86 bits per heavy atom. The van der Waals surface area contributed by atoms with Crippen molar-refractivity contribution in [1.29, 1.82) is 0 Å². The molecule has 0 unspecified atom stereocenters. The highest BCUT2D eigenvalue weighted by Gasteiger charge is 2.23. The number of aromatic carboxylic acids is 1. The summed E-state index contributed by atoms with van der Waals surface area (Å²) in [6.45, 7) is 5.65. The number of aromatic nitrogens is 2. The molecule has 0 bridgehead atoms. The smallest absolute Gasteiger partial charge is 0.335 e. The monoisotopic (exact) mass is 389 g/mol. The number of rotatable bonds is 4. The van der Waals surface area contributed by atoms with Gasteiger partial charge in [0.2, 0.25) is 0 Å². The van der Waals surface area contributed by atoms with Crippen LogP contribution in [0.5, 0.6) is 0 Å². The van der Waals surface area contributed by atoms with E-state index in [4.69, 9.17) is 0 Å². The molecule has 0 saturated heterocycles. The van der Waals surface area contributed by atoms with Crippen LogP contribution < -0.4 is 0 Å². The predicted molar refractivity (Wildman–Crippen MR) is 109 cm³/mol. The van der Waals surface area contributed by atoms with E-state index in [2.05, 4.69) is 5.10 Å². The lowest BCUT2D eigenvalue weighted by molar-refractivity contribution is 0.0696. The molecule has 0 radical (unpaired) electrons. The van der Waals surface area contributed by atoms with Gasteiger partial charge in [0.05, 0.1) is 17.8 Å². The van der Waals surface area contributed by atoms with Crippen LogP contribution in [0.4, 0.5) is 0 Å². The summed E-state index contributed by atoms with van der Waals surface area (Å²) in [7, 11) is 0. The number of amides is 1. The van der Waals surface area contributed by atoms with Gasteiger partial charge in [0, 0.05) is 24.3 Å². The fraction of sp³-hybridized carbons (Fsp3) is 0.261. The van der Waals surface area contributed by atoms with Crippen LogP contribution in [0.1, 0.15) is 48.8 Å². The van der Waals surface area contributed by atoms with Crippen LogP contribution in [-0.2, 0) is 19.5 Å². The summed E-state index contributed by atoms with van der Waals surface area (Å²) in [6.07, 6.45) is 0.729. The first-order valence-electron chi connectivity index (χ1n) is 9.65. The van der Waals surface area contributed by atoms with Crippen LogP contribution >= 0.6 is 0 Å². The molecular weight excluding hydrogens is 366 g/mol. The maximum Gasteiger partial charge on any atom is 0.335 e. The summed E-state index contributed by atoms with van der Waals surface area (Å²) in [5.74, 6) is -0.986. The summed E-state index contributed by atoms with van der Waals surface area (Å²) in [4.78, 5) is 26.1. The third kappa shape index (κ3) is 3.92. The van der Waals surface area contributed by atoms with Gasteiger partial charge < -0.3 is 10.0 Å². The van der Waals surface area contributed by atoms with Gasteiger partial charge in [0.1, 0.15) is 0 Å². The molecule has 0 atom stereocenters. The molecule has 0 spiro atoms. The van der Waals surface area contributed by atoms with Crippen molar-refractivity contribution in [2.24, 2.45) is 0 Å². The van der Waals surface area contributed by atoms with E-state index in [0.29, 0.717) is 25.2 Å². The summed E-state index contributed by atoms with van der Waals surface area (Å²) < 4.78 is 1.93. The number of carbonyl (C=O) groups is 2. The first-order valence-corrected chi connectivity index (χ1v) is 9.65. The van der Waals surface area contributed by atoms with Gasteiger partial charge >= 0.3 is 5.97 Å². The molecule has 6 heteroatoms. The summed E-state index contributed by atoms with van der Waals surface area (Å²) in [5.41, 5.74) is 5.99. The Labute approximate surface area is 169 Å². The first kappa shape index (κ1) is 18.9. The Bertz CT molecular complexity index is 1100. The van der Waals surface area contributed by atoms with E-state index in [1.807, 2.05) is 54.9 Å². The van der Waals surface area contributed by atoms with Crippen LogP contribution in [-0.4, -0.2) is 38.2 Å². The number of benzene rings is 2. The Morgan fingerprint density at radius 3 is 2.59 bits per heavy atom. The van der Waals surface area contributed by atoms with Gasteiger partial charge in [0.25, 0.3) is 5.91 Å². The molecule has 29 heavy (non-hydrogen) atoms. The van der Waals surface area contributed by atoms with E-state index >= 15 is 0 Å². The zero-order chi connectivity index (χ0) is 20.5. The average molecular weight is 389 g/mol. The van der Waals surface area contributed by atoms with E-state index in [1.54, 1.807) is 17.0 Å². The van der Waals surface area contributed by atoms with Crippen LogP contribution in [0.2, 0.25) is 0 Å². The van der Waals surface area contributed by atoms with Gasteiger partial charge in [0.15, 0.2) is 0 Å². The molecule has 4 rings (SSSR count). The molecule has 3 aromatic rings. The number of carboxylic acid groups (broad SMARTS) is 1. The molecule has 1 aliphatic rings. The third-order valence-electron chi connectivity index (χ3n) is 5.36. The van der Waals surface area contributed by atoms with Crippen molar-refractivity contribution >= 4 is 11.9 Å². The molecule has 0 aliphatic carbocycles. The molecule has 148 valence electrons. The van der Waals surface area contributed by atoms with Crippen molar-refractivity contribution in [2.45, 2.75) is 33.4 Å². The van der Waals surface area contributed by atoms with E-state index in [9.17, 15) is 14.7 Å². The number of nitrogens with zero attached hydrogens (tertiary/aromatic N) is 3. The fourth-order valence-electron chi connectivity index (χ4n) is 3.86. The molecule has 0 saturated carbocycles. The molecule has 1 aliphatic heterocycles. The molecule has 1 amide bonds. The number of carbonyl (C=O) groups excluding carboxylic acids is 1. The molecule has 2 aromatic carbocycles. The van der Waals surface area contributed by atoms with Gasteiger partial charge in [-0.25, -0.2) is 4.79 Å². The van der Waals surface area contributed by atoms with Crippen LogP contribution in [0.25, 0.3) is 0 Å². The highest BCUT2D eigenvalue weighted by Crippen LogP contribution is 2.22. The third-order valence-corrected chi connectivity index (χ3v) is 5.36. The van der Waals surface area contributed by atoms with Crippen molar-refractivity contribution in [3.63, 3.8) is 0 Å². The van der Waals surface area contributed by atoms with Gasteiger partial charge in [-0.05, 0) is 67.3 Å². The minimum atomic E-state index is -0.951. The number of fused-ring (bicyclic) bond motifs is 1. The Hall–Kier alpha value is -3.41. The zero-order valence-electron chi connectivity index (χ0n) is 16.6. The van der Waals surface area contributed by atoms with Crippen LogP contribution in [0, 0.1) is 13.8 Å². The molecule has 1 aromatic heterocycles. The van der Waals surface area contributed by atoms with Crippen molar-refractivity contribution in [2.75, 3.05) is 6.54 Å². The van der Waals surface area contributed by atoms with Gasteiger partial charge in [-0.3, -0.25) is 9.48 Å². The second kappa shape index (κ2) is 7.54. The minimum absolute atomic E-state index is 0.0356. The normalized spacial score (nSPS) is 13.2. The summed E-state index contributed by atoms with van der Waals surface area (Å²) in [5, 5.41) is 13.7. The number of aryl methyl sites for hydroxylation is 2. The molecular formula is C23H23N3O3. The van der Waals surface area contributed by atoms with Crippen molar-refractivity contribution < 1.29 is 14.7 Å². The molecule has 0 fully saturated rings. The van der Waals surface area contributed by atoms with Gasteiger partial charge in [-0.15, -0.1) is 0 Å². The maximum atomic E-state index is 13.1. The Kier molecular flexibility index (Phi) is 4.92. The lowest BCUT2D eigenvalue weighted by Gasteiger charge is -2.29. The second-order valence-corrected chi connectivity index (χ2v) is 7.55. The largest absolute Gasteiger partial charge is 0.478 e. The van der Waals surface area contributed by atoms with Gasteiger partial charge in [-0.2, -0.15) is 5.10 Å². The topological polar surface area (TPSA) is 75.4 Å². The second-order valence-electron chi connectivity index (χ2n) is 7.55. The predicted octanol–water partition coefficient (Wildman–Crippen LogP) is 3.44. The zero-order valence-corrected chi connectivity index (χ0v) is 16.6.